The summed E-state index contributed by atoms with van der Waals surface area (Å²) in [6.07, 6.45) is -14.0. The number of sulfone groups is 1. The van der Waals surface area contributed by atoms with Crippen LogP contribution in [0.3, 0.4) is 0 Å². The van der Waals surface area contributed by atoms with Crippen LogP contribution >= 0.6 is 19.4 Å². The number of aromatic nitrogens is 5. The van der Waals surface area contributed by atoms with E-state index in [2.05, 4.69) is 41.6 Å². The van der Waals surface area contributed by atoms with Crippen molar-refractivity contribution in [2.24, 2.45) is 5.92 Å². The first-order valence-corrected chi connectivity index (χ1v) is 29.3. The maximum Gasteiger partial charge on any atom is 0.472 e. The Balaban J connectivity index is 1.34. The van der Waals surface area contributed by atoms with Crippen LogP contribution in [0.1, 0.15) is 91.1 Å². The molecule has 1 saturated carbocycles. The van der Waals surface area contributed by atoms with Crippen molar-refractivity contribution in [2.45, 2.75) is 101 Å². The van der Waals surface area contributed by atoms with Crippen LogP contribution < -0.4 is 5.32 Å². The lowest BCUT2D eigenvalue weighted by atomic mass is 9.93. The van der Waals surface area contributed by atoms with Gasteiger partial charge in [-0.15, -0.1) is 0 Å². The van der Waals surface area contributed by atoms with Gasteiger partial charge in [0.15, 0.2) is 15.5 Å². The van der Waals surface area contributed by atoms with Gasteiger partial charge in [0.05, 0.1) is 40.9 Å². The van der Waals surface area contributed by atoms with Gasteiger partial charge >= 0.3 is 32.2 Å². The van der Waals surface area contributed by atoms with Crippen molar-refractivity contribution in [3.63, 3.8) is 0 Å². The molecular formula is C48H46ClF10N8O14PS2. The number of carboxylic acid groups (broad SMARTS) is 1. The van der Waals surface area contributed by atoms with Gasteiger partial charge in [-0.05, 0) is 80.8 Å². The highest BCUT2D eigenvalue weighted by Crippen LogP contribution is 2.68. The summed E-state index contributed by atoms with van der Waals surface area (Å²) >= 11 is 6.67. The van der Waals surface area contributed by atoms with E-state index in [0.29, 0.717) is 15.6 Å². The van der Waals surface area contributed by atoms with Gasteiger partial charge in [0.25, 0.3) is 5.92 Å². The number of nitrogens with one attached hydrogen (secondary N) is 1. The number of rotatable bonds is 22. The van der Waals surface area contributed by atoms with E-state index in [4.69, 9.17) is 26.5 Å². The van der Waals surface area contributed by atoms with Crippen molar-refractivity contribution in [1.29, 1.82) is 0 Å². The Morgan fingerprint density at radius 2 is 1.63 bits per heavy atom. The van der Waals surface area contributed by atoms with Crippen molar-refractivity contribution in [2.75, 3.05) is 26.1 Å². The lowest BCUT2D eigenvalue weighted by molar-refractivity contribution is -0.143. The fourth-order valence-electron chi connectivity index (χ4n) is 9.15. The Hall–Kier alpha value is -6.89. The van der Waals surface area contributed by atoms with Gasteiger partial charge in [0.2, 0.25) is 29.5 Å². The summed E-state index contributed by atoms with van der Waals surface area (Å²) < 4.78 is 217. The average Bonchev–Trinajstić information content (AvgIpc) is 1.53. The molecule has 456 valence electrons. The van der Waals surface area contributed by atoms with E-state index in [1.54, 1.807) is 0 Å². The van der Waals surface area contributed by atoms with E-state index in [1.807, 2.05) is 0 Å². The van der Waals surface area contributed by atoms with E-state index in [1.165, 1.54) is 13.8 Å². The number of carbonyl (C=O) groups excluding carboxylic acids is 3. The molecule has 2 aliphatic rings. The number of carbonyl (C=O) groups is 4. The Bertz CT molecular complexity index is 3740. The van der Waals surface area contributed by atoms with Gasteiger partial charge in [0.1, 0.15) is 40.9 Å². The SMILES string of the molecule is CC(C)(C#Cc1ccc(-c2ccc(Cl)c3c(CN(C(=O)CCCN(CCC(=O)O)C(=O)OCOP(=O)(O)O)[SH](=O)=O)nn(CC(F)(F)F)c23)c(C(Cc2cc(F)cc(F)c2)NC(=O)Cn2nc(C(F)(F)F)c3c2C(F)(F)[C@@H]2C[C@H]32)n1)S(C)(=O)=O. The predicted molar refractivity (Wildman–Crippen MR) is 271 cm³/mol. The number of halogens is 11. The lowest BCUT2D eigenvalue weighted by Gasteiger charge is -2.23. The molecule has 84 heavy (non-hydrogen) atoms. The summed E-state index contributed by atoms with van der Waals surface area (Å²) in [6, 6.07) is 4.60. The third-order valence-corrected chi connectivity index (χ3v) is 16.7. The number of ether oxygens (including phenoxy) is 1. The number of pyridine rings is 1. The van der Waals surface area contributed by atoms with Gasteiger partial charge in [-0.2, -0.15) is 45.3 Å². The Labute approximate surface area is 475 Å². The molecule has 4 N–H and O–H groups in total. The number of hydrogen-bond acceptors (Lipinski definition) is 14. The van der Waals surface area contributed by atoms with Crippen molar-refractivity contribution in [3.05, 3.63) is 98.7 Å². The summed E-state index contributed by atoms with van der Waals surface area (Å²) in [6.45, 7) is -4.51. The normalized spacial score (nSPS) is 16.2. The molecule has 0 spiro atoms. The summed E-state index contributed by atoms with van der Waals surface area (Å²) in [7, 11) is -13.1. The minimum Gasteiger partial charge on any atom is -0.481 e. The van der Waals surface area contributed by atoms with Gasteiger partial charge in [-0.3, -0.25) is 23.7 Å². The molecule has 3 atom stereocenters. The number of benzene rings is 2. The van der Waals surface area contributed by atoms with Gasteiger partial charge in [0, 0.05) is 59.8 Å². The molecule has 1 fully saturated rings. The molecule has 5 aromatic rings. The fourth-order valence-corrected chi connectivity index (χ4v) is 10.4. The lowest BCUT2D eigenvalue weighted by Crippen LogP contribution is -2.36. The largest absolute Gasteiger partial charge is 0.481 e. The highest BCUT2D eigenvalue weighted by Gasteiger charge is 2.68. The number of alkyl halides is 8. The number of phosphoric acid groups is 1. The molecule has 3 aromatic heterocycles. The van der Waals surface area contributed by atoms with Crippen LogP contribution in [0.2, 0.25) is 5.02 Å². The fraction of sp³-hybridized carbons (Fsp3) is 0.438. The number of thiol groups is 1. The third-order valence-electron chi connectivity index (χ3n) is 13.3. The monoisotopic (exact) mass is 1280 g/mol. The smallest absolute Gasteiger partial charge is 0.472 e. The van der Waals surface area contributed by atoms with E-state index in [0.717, 1.165) is 42.7 Å². The summed E-state index contributed by atoms with van der Waals surface area (Å²) in [5, 5.41) is 18.1. The van der Waals surface area contributed by atoms with Crippen LogP contribution in [-0.4, -0.2) is 126 Å². The maximum atomic E-state index is 15.7. The molecule has 3 heterocycles. The number of carboxylic acids is 1. The Kier molecular flexibility index (Phi) is 18.7. The second-order valence-electron chi connectivity index (χ2n) is 19.7. The maximum absolute atomic E-state index is 15.7. The number of phosphoric ester groups is 1. The van der Waals surface area contributed by atoms with Crippen LogP contribution in [0.25, 0.3) is 22.0 Å². The van der Waals surface area contributed by atoms with Gasteiger partial charge in [-0.1, -0.05) is 23.6 Å². The van der Waals surface area contributed by atoms with Crippen molar-refractivity contribution < 1.29 is 109 Å². The minimum absolute atomic E-state index is 0.138. The number of hydrogen-bond donors (Lipinski definition) is 5. The first-order chi connectivity index (χ1) is 38.8. The van der Waals surface area contributed by atoms with Crippen LogP contribution in [0.15, 0.2) is 42.5 Å². The van der Waals surface area contributed by atoms with Gasteiger partial charge < -0.3 is 29.8 Å². The molecule has 1 unspecified atom stereocenters. The molecule has 36 heteroatoms. The zero-order valence-corrected chi connectivity index (χ0v) is 46.8. The first kappa shape index (κ1) is 64.7. The number of amides is 3. The van der Waals surface area contributed by atoms with E-state index >= 15 is 8.78 Å². The predicted octanol–water partition coefficient (Wildman–Crippen LogP) is 6.91. The molecule has 0 bridgehead atoms. The van der Waals surface area contributed by atoms with Crippen molar-refractivity contribution >= 4 is 74.9 Å². The quantitative estimate of drug-likeness (QED) is 0.0155. The molecule has 2 aromatic carbocycles. The summed E-state index contributed by atoms with van der Waals surface area (Å²) in [5.41, 5.74) is -6.68. The second-order valence-corrected chi connectivity index (χ2v) is 24.9. The van der Waals surface area contributed by atoms with E-state index < -0.39 is 214 Å². The standard InChI is InChI=1S/C48H46ClF10N8O14PS2/c1-45(2,84(3,78)79)12-10-27-6-7-28(40(60-27)33(17-24-15-25(50)18-26(51)16-24)61-35(68)21-65-43-38(42(63-65)48(57,58)59)30-19-31(30)47(43,55)56)29-8-9-32(49)39-34(62-66(41(29)39)22-46(52,53)54)20-67(83(76)77)36(69)5-4-13-64(14-11-37(70)71)44(72)80-23-81-82(73,74)75/h6-9,15-16,18,30-31,33,83H,4-5,11,13-14,17,19-23H2,1-3H3,(H,61,68)(H,70,71)(H2,73,74,75)/t30-,31+,33?/m0/s1. The Morgan fingerprint density at radius 1 is 0.976 bits per heavy atom. The zero-order valence-electron chi connectivity index (χ0n) is 43.5. The van der Waals surface area contributed by atoms with Crippen LogP contribution in [-0.2, 0) is 87.1 Å². The number of aliphatic carboxylic acids is 1. The second kappa shape index (κ2) is 24.2. The van der Waals surface area contributed by atoms with Gasteiger partial charge in [-0.25, -0.2) is 48.8 Å². The molecule has 2 aliphatic carbocycles. The molecule has 7 rings (SSSR count). The Morgan fingerprint density at radius 3 is 2.23 bits per heavy atom. The van der Waals surface area contributed by atoms with Crippen molar-refractivity contribution in [1.82, 2.24) is 39.1 Å². The summed E-state index contributed by atoms with van der Waals surface area (Å²) in [5.74, 6) is -8.02. The highest BCUT2D eigenvalue weighted by molar-refractivity contribution is 7.92. The summed E-state index contributed by atoms with van der Waals surface area (Å²) in [4.78, 5) is 74.7. The highest BCUT2D eigenvalue weighted by atomic mass is 35.5. The van der Waals surface area contributed by atoms with Crippen LogP contribution in [0.4, 0.5) is 48.7 Å². The molecule has 0 radical (unpaired) electrons. The zero-order chi connectivity index (χ0) is 62.4. The average molecular weight is 1280 g/mol. The molecule has 0 saturated heterocycles. The molecule has 3 amide bonds. The topological polar surface area (TPSA) is 300 Å². The number of fused-ring (bicyclic) bond motifs is 4. The molecular weight excluding hydrogens is 1230 g/mol. The van der Waals surface area contributed by atoms with Crippen LogP contribution in [0.5, 0.6) is 0 Å². The van der Waals surface area contributed by atoms with Crippen molar-refractivity contribution in [3.8, 4) is 23.0 Å². The minimum atomic E-state index is -5.26. The van der Waals surface area contributed by atoms with Crippen LogP contribution in [0, 0.1) is 29.4 Å². The molecule has 22 nitrogen and oxygen atoms in total. The van der Waals surface area contributed by atoms with E-state index in [-0.39, 0.29) is 37.8 Å². The first-order valence-electron chi connectivity index (χ1n) is 24.3. The van der Waals surface area contributed by atoms with E-state index in [9.17, 15) is 75.7 Å². The number of nitrogens with zero attached hydrogens (tertiary/aromatic N) is 7. The molecule has 0 aliphatic heterocycles. The third kappa shape index (κ3) is 15.1.